The quantitative estimate of drug-likeness (QED) is 0.234. The van der Waals surface area contributed by atoms with Crippen LogP contribution in [0.25, 0.3) is 17.2 Å². The highest BCUT2D eigenvalue weighted by Gasteiger charge is 2.17. The molecule has 0 aromatic heterocycles. The van der Waals surface area contributed by atoms with E-state index in [-0.39, 0.29) is 5.69 Å². The average molecular weight is 436 g/mol. The first kappa shape index (κ1) is 20.6. The predicted octanol–water partition coefficient (Wildman–Crippen LogP) is 7.56. The molecule has 32 heavy (non-hydrogen) atoms. The van der Waals surface area contributed by atoms with Gasteiger partial charge < -0.3 is 0 Å². The number of hydrogen-bond donors (Lipinski definition) is 0. The normalized spacial score (nSPS) is 14.5. The van der Waals surface area contributed by atoms with E-state index in [9.17, 15) is 4.39 Å². The van der Waals surface area contributed by atoms with Crippen molar-refractivity contribution in [3.63, 3.8) is 0 Å². The summed E-state index contributed by atoms with van der Waals surface area (Å²) in [5.41, 5.74) is 7.96. The number of hydrogen-bond acceptors (Lipinski definition) is 2. The van der Waals surface area contributed by atoms with E-state index in [0.717, 1.165) is 34.6 Å². The van der Waals surface area contributed by atoms with Crippen LogP contribution in [0.4, 0.5) is 10.1 Å². The molecule has 3 aromatic carbocycles. The predicted molar refractivity (Wildman–Crippen MR) is 133 cm³/mol. The van der Waals surface area contributed by atoms with Crippen LogP contribution in [0.5, 0.6) is 0 Å². The average Bonchev–Trinajstić information content (AvgIpc) is 3.19. The summed E-state index contributed by atoms with van der Waals surface area (Å²) in [7, 11) is 0. The lowest BCUT2D eigenvalue weighted by Crippen LogP contribution is -2.13. The number of rotatable bonds is 4. The third kappa shape index (κ3) is 4.48. The van der Waals surface area contributed by atoms with Crippen molar-refractivity contribution < 1.29 is 4.39 Å². The maximum atomic E-state index is 14.2. The van der Waals surface area contributed by atoms with Gasteiger partial charge in [-0.05, 0) is 82.7 Å². The van der Waals surface area contributed by atoms with Crippen molar-refractivity contribution in [3.05, 3.63) is 94.3 Å². The monoisotopic (exact) mass is 435 g/mol. The maximum Gasteiger partial charge on any atom is 0.150 e. The van der Waals surface area contributed by atoms with Gasteiger partial charge in [-0.1, -0.05) is 67.5 Å². The Morgan fingerprint density at radius 3 is 2.44 bits per heavy atom. The number of benzene rings is 3. The fourth-order valence-electron chi connectivity index (χ4n) is 4.34. The van der Waals surface area contributed by atoms with Crippen LogP contribution >= 0.6 is 12.2 Å². The summed E-state index contributed by atoms with van der Waals surface area (Å²) in [4.78, 5) is 3.74. The Morgan fingerprint density at radius 2 is 1.72 bits per heavy atom. The Balaban J connectivity index is 1.28. The number of thiocarbonyl (C=S) groups is 1. The first-order valence-corrected chi connectivity index (χ1v) is 11.4. The maximum absolute atomic E-state index is 14.2. The van der Waals surface area contributed by atoms with E-state index >= 15 is 0 Å². The Kier molecular flexibility index (Phi) is 5.82. The molecule has 156 valence electrons. The van der Waals surface area contributed by atoms with Crippen molar-refractivity contribution in [3.8, 4) is 23.0 Å². The van der Waals surface area contributed by atoms with E-state index < -0.39 is 5.82 Å². The SMILES string of the molecule is Fc1cc(-c2ccc3c(c2)CC(C#Cc2ccc(CC4CCC4)cc2)=C3)ccc1N=C=S. The zero-order valence-electron chi connectivity index (χ0n) is 17.7. The van der Waals surface area contributed by atoms with Crippen LogP contribution in [0.15, 0.2) is 71.2 Å². The van der Waals surface area contributed by atoms with Crippen LogP contribution in [-0.4, -0.2) is 5.16 Å². The lowest BCUT2D eigenvalue weighted by Gasteiger charge is -2.25. The van der Waals surface area contributed by atoms with Crippen LogP contribution in [-0.2, 0) is 12.8 Å². The third-order valence-electron chi connectivity index (χ3n) is 6.37. The van der Waals surface area contributed by atoms with Crippen molar-refractivity contribution in [2.24, 2.45) is 10.9 Å². The van der Waals surface area contributed by atoms with Crippen molar-refractivity contribution in [1.29, 1.82) is 0 Å². The van der Waals surface area contributed by atoms with E-state index in [1.54, 1.807) is 6.07 Å². The second kappa shape index (κ2) is 9.05. The van der Waals surface area contributed by atoms with Gasteiger partial charge in [0.25, 0.3) is 0 Å². The van der Waals surface area contributed by atoms with E-state index in [1.165, 1.54) is 48.4 Å². The first-order chi connectivity index (χ1) is 15.7. The van der Waals surface area contributed by atoms with E-state index in [2.05, 4.69) is 76.7 Å². The molecule has 0 bridgehead atoms. The molecular formula is C29H22FNS. The molecule has 5 rings (SSSR count). The summed E-state index contributed by atoms with van der Waals surface area (Å²) < 4.78 is 14.2. The molecule has 1 nitrogen and oxygen atoms in total. The van der Waals surface area contributed by atoms with Crippen LogP contribution in [0.1, 0.15) is 41.5 Å². The molecule has 0 aliphatic heterocycles. The molecule has 1 fully saturated rings. The fourth-order valence-corrected chi connectivity index (χ4v) is 4.43. The van der Waals surface area contributed by atoms with Crippen molar-refractivity contribution in [2.75, 3.05) is 0 Å². The van der Waals surface area contributed by atoms with Gasteiger partial charge in [0.2, 0.25) is 0 Å². The summed E-state index contributed by atoms with van der Waals surface area (Å²) >= 11 is 4.56. The highest BCUT2D eigenvalue weighted by Crippen LogP contribution is 2.32. The van der Waals surface area contributed by atoms with Crippen LogP contribution in [0, 0.1) is 23.6 Å². The second-order valence-electron chi connectivity index (χ2n) is 8.58. The van der Waals surface area contributed by atoms with Gasteiger partial charge in [0.1, 0.15) is 11.5 Å². The Labute approximate surface area is 193 Å². The van der Waals surface area contributed by atoms with Crippen LogP contribution in [0.3, 0.4) is 0 Å². The van der Waals surface area contributed by atoms with Gasteiger partial charge in [0, 0.05) is 17.6 Å². The first-order valence-electron chi connectivity index (χ1n) is 11.0. The van der Waals surface area contributed by atoms with E-state index in [4.69, 9.17) is 0 Å². The smallest absolute Gasteiger partial charge is 0.150 e. The molecule has 1 saturated carbocycles. The van der Waals surface area contributed by atoms with Gasteiger partial charge in [-0.3, -0.25) is 0 Å². The minimum absolute atomic E-state index is 0.209. The summed E-state index contributed by atoms with van der Waals surface area (Å²) in [6, 6.07) is 19.9. The standard InChI is InChI=1S/C29H22FNS/c30-28-18-26(12-13-29(28)31-19-32)25-11-10-24-15-23(16-27(24)17-25)9-6-20-4-7-22(8-5-20)14-21-2-1-3-21/h4-5,7-8,10-13,15,17-18,21H,1-3,14,16H2. The molecule has 0 amide bonds. The Bertz CT molecular complexity index is 1310. The van der Waals surface area contributed by atoms with Crippen molar-refractivity contribution in [1.82, 2.24) is 0 Å². The molecule has 2 aliphatic rings. The summed E-state index contributed by atoms with van der Waals surface area (Å²) in [6.45, 7) is 0. The zero-order chi connectivity index (χ0) is 21.9. The topological polar surface area (TPSA) is 12.4 Å². The van der Waals surface area contributed by atoms with Crippen LogP contribution in [0.2, 0.25) is 0 Å². The largest absolute Gasteiger partial charge is 0.205 e. The second-order valence-corrected chi connectivity index (χ2v) is 8.76. The van der Waals surface area contributed by atoms with Gasteiger partial charge >= 0.3 is 0 Å². The Hall–Kier alpha value is -3.31. The highest BCUT2D eigenvalue weighted by atomic mass is 32.1. The number of isothiocyanates is 1. The summed E-state index contributed by atoms with van der Waals surface area (Å²) in [5, 5.41) is 2.21. The molecule has 0 N–H and O–H groups in total. The van der Waals surface area contributed by atoms with E-state index in [0.29, 0.717) is 0 Å². The van der Waals surface area contributed by atoms with E-state index in [1.807, 2.05) is 12.1 Å². The minimum atomic E-state index is -0.399. The molecule has 2 aliphatic carbocycles. The molecule has 0 saturated heterocycles. The number of fused-ring (bicyclic) bond motifs is 1. The Morgan fingerprint density at radius 1 is 0.938 bits per heavy atom. The molecular weight excluding hydrogens is 413 g/mol. The lowest BCUT2D eigenvalue weighted by molar-refractivity contribution is 0.314. The fraction of sp³-hybridized carbons (Fsp3) is 0.207. The molecule has 0 atom stereocenters. The number of halogens is 1. The molecule has 0 heterocycles. The number of allylic oxidation sites excluding steroid dienone is 1. The van der Waals surface area contributed by atoms with Gasteiger partial charge in [0.05, 0.1) is 5.16 Å². The molecule has 0 unspecified atom stereocenters. The van der Waals surface area contributed by atoms with Gasteiger partial charge in [0.15, 0.2) is 0 Å². The molecule has 0 radical (unpaired) electrons. The number of nitrogens with zero attached hydrogens (tertiary/aromatic N) is 1. The van der Waals surface area contributed by atoms with Crippen molar-refractivity contribution >= 4 is 29.1 Å². The number of aliphatic imine (C=N–C) groups is 1. The zero-order valence-corrected chi connectivity index (χ0v) is 18.5. The lowest BCUT2D eigenvalue weighted by atomic mass is 9.81. The summed E-state index contributed by atoms with van der Waals surface area (Å²) in [6.07, 6.45) is 8.28. The van der Waals surface area contributed by atoms with Crippen molar-refractivity contribution in [2.45, 2.75) is 32.1 Å². The van der Waals surface area contributed by atoms with Crippen LogP contribution < -0.4 is 0 Å². The van der Waals surface area contributed by atoms with Gasteiger partial charge in [-0.25, -0.2) is 4.39 Å². The highest BCUT2D eigenvalue weighted by molar-refractivity contribution is 7.78. The molecule has 3 heteroatoms. The minimum Gasteiger partial charge on any atom is -0.205 e. The van der Waals surface area contributed by atoms with Gasteiger partial charge in [-0.2, -0.15) is 4.99 Å². The molecule has 3 aromatic rings. The molecule has 0 spiro atoms. The third-order valence-corrected chi connectivity index (χ3v) is 6.46. The van der Waals surface area contributed by atoms with Gasteiger partial charge in [-0.15, -0.1) is 0 Å². The summed E-state index contributed by atoms with van der Waals surface area (Å²) in [5.74, 6) is 7.13.